The van der Waals surface area contributed by atoms with E-state index in [2.05, 4.69) is 13.8 Å². The third kappa shape index (κ3) is 5.01. The highest BCUT2D eigenvalue weighted by Crippen LogP contribution is 2.25. The van der Waals surface area contributed by atoms with Crippen LogP contribution in [0.1, 0.15) is 66.8 Å². The molecule has 5 nitrogen and oxygen atoms in total. The highest BCUT2D eigenvalue weighted by molar-refractivity contribution is 5.95. The van der Waals surface area contributed by atoms with E-state index in [1.165, 1.54) is 0 Å². The molecular formula is C26H31FN2O3. The Morgan fingerprint density at radius 1 is 0.938 bits per heavy atom. The lowest BCUT2D eigenvalue weighted by Gasteiger charge is -2.10. The number of benzene rings is 2. The fourth-order valence-corrected chi connectivity index (χ4v) is 4.06. The van der Waals surface area contributed by atoms with Crippen molar-refractivity contribution in [3.8, 4) is 11.1 Å². The minimum Gasteiger partial charge on any atom is -0.478 e. The number of hydrogen-bond acceptors (Lipinski definition) is 2. The Morgan fingerprint density at radius 2 is 1.62 bits per heavy atom. The molecule has 0 bridgehead atoms. The summed E-state index contributed by atoms with van der Waals surface area (Å²) in [6.07, 6.45) is 4.32. The molecule has 0 aliphatic heterocycles. The molecule has 0 atom stereocenters. The molecule has 3 aromatic rings. The van der Waals surface area contributed by atoms with Gasteiger partial charge in [0.15, 0.2) is 0 Å². The molecule has 0 amide bonds. The molecule has 1 N–H and O–H groups in total. The maximum absolute atomic E-state index is 14.0. The fourth-order valence-electron chi connectivity index (χ4n) is 4.06. The molecule has 0 unspecified atom stereocenters. The number of carboxylic acid groups (broad SMARTS) is 1. The molecule has 0 saturated heterocycles. The molecule has 0 saturated carbocycles. The second-order valence-corrected chi connectivity index (χ2v) is 8.05. The highest BCUT2D eigenvalue weighted by atomic mass is 19.1. The maximum atomic E-state index is 14.0. The fraction of sp³-hybridized carbons (Fsp3) is 0.385. The van der Waals surface area contributed by atoms with Gasteiger partial charge in [0.1, 0.15) is 6.67 Å². The number of hydrogen-bond donors (Lipinski definition) is 1. The largest absolute Gasteiger partial charge is 0.478 e. The van der Waals surface area contributed by atoms with Crippen molar-refractivity contribution in [2.45, 2.75) is 65.7 Å². The summed E-state index contributed by atoms with van der Waals surface area (Å²) >= 11 is 0. The van der Waals surface area contributed by atoms with Crippen LogP contribution in [0.5, 0.6) is 0 Å². The van der Waals surface area contributed by atoms with Gasteiger partial charge >= 0.3 is 11.7 Å². The number of nitrogens with zero attached hydrogens (tertiary/aromatic N) is 2. The van der Waals surface area contributed by atoms with Gasteiger partial charge in [-0.15, -0.1) is 0 Å². The Hall–Kier alpha value is -3.15. The van der Waals surface area contributed by atoms with Crippen LogP contribution in [0.2, 0.25) is 0 Å². The molecule has 0 spiro atoms. The predicted molar refractivity (Wildman–Crippen MR) is 125 cm³/mol. The first kappa shape index (κ1) is 23.5. The lowest BCUT2D eigenvalue weighted by Crippen LogP contribution is -2.26. The van der Waals surface area contributed by atoms with Crippen molar-refractivity contribution in [1.82, 2.24) is 9.13 Å². The van der Waals surface area contributed by atoms with Gasteiger partial charge in [-0.2, -0.15) is 0 Å². The van der Waals surface area contributed by atoms with Crippen LogP contribution in [0, 0.1) is 0 Å². The first-order chi connectivity index (χ1) is 15.5. The quantitative estimate of drug-likeness (QED) is 0.419. The number of aromatic nitrogens is 2. The van der Waals surface area contributed by atoms with Gasteiger partial charge < -0.3 is 5.11 Å². The van der Waals surface area contributed by atoms with E-state index in [9.17, 15) is 19.1 Å². The standard InChI is InChI=1S/C26H31FN2O3/c1-3-5-11-23-24(17-27)28(16-6-4-2)26(32)29(23)18-19-12-14-20(15-13-19)21-9-7-8-10-22(21)25(30)31/h7-10,12-15H,3-6,11,16-18H2,1-2H3,(H,30,31). The van der Waals surface area contributed by atoms with E-state index in [0.29, 0.717) is 30.8 Å². The van der Waals surface area contributed by atoms with E-state index in [4.69, 9.17) is 0 Å². The maximum Gasteiger partial charge on any atom is 0.336 e. The molecule has 6 heteroatoms. The Bertz CT molecular complexity index is 1110. The number of aromatic carboxylic acids is 1. The van der Waals surface area contributed by atoms with Crippen molar-refractivity contribution in [2.24, 2.45) is 0 Å². The Labute approximate surface area is 188 Å². The molecule has 0 fully saturated rings. The molecular weight excluding hydrogens is 407 g/mol. The second kappa shape index (κ2) is 10.9. The van der Waals surface area contributed by atoms with Crippen molar-refractivity contribution in [1.29, 1.82) is 0 Å². The molecule has 3 rings (SSSR count). The predicted octanol–water partition coefficient (Wildman–Crippen LogP) is 5.68. The molecule has 1 heterocycles. The average molecular weight is 439 g/mol. The summed E-state index contributed by atoms with van der Waals surface area (Å²) in [6, 6.07) is 14.4. The molecule has 0 radical (unpaired) electrons. The zero-order valence-corrected chi connectivity index (χ0v) is 18.8. The second-order valence-electron chi connectivity index (χ2n) is 8.05. The summed E-state index contributed by atoms with van der Waals surface area (Å²) in [7, 11) is 0. The van der Waals surface area contributed by atoms with Crippen LogP contribution in [0.4, 0.5) is 4.39 Å². The van der Waals surface area contributed by atoms with Crippen LogP contribution in [-0.2, 0) is 26.2 Å². The summed E-state index contributed by atoms with van der Waals surface area (Å²) in [4.78, 5) is 24.7. The summed E-state index contributed by atoms with van der Waals surface area (Å²) < 4.78 is 17.3. The number of carbonyl (C=O) groups is 1. The number of unbranched alkanes of at least 4 members (excludes halogenated alkanes) is 2. The number of halogens is 1. The zero-order chi connectivity index (χ0) is 23.1. The van der Waals surface area contributed by atoms with E-state index in [0.717, 1.165) is 42.5 Å². The number of rotatable bonds is 11. The van der Waals surface area contributed by atoms with E-state index in [-0.39, 0.29) is 11.3 Å². The van der Waals surface area contributed by atoms with Crippen molar-refractivity contribution >= 4 is 5.97 Å². The SMILES string of the molecule is CCCCc1c(CF)n(CCCC)c(=O)n1Cc1ccc(-c2ccccc2C(=O)O)cc1. The summed E-state index contributed by atoms with van der Waals surface area (Å²) in [5.41, 5.74) is 3.75. The first-order valence-corrected chi connectivity index (χ1v) is 11.3. The highest BCUT2D eigenvalue weighted by Gasteiger charge is 2.19. The minimum atomic E-state index is -0.969. The average Bonchev–Trinajstić information content (AvgIpc) is 3.06. The van der Waals surface area contributed by atoms with Crippen molar-refractivity contribution in [3.05, 3.63) is 81.5 Å². The third-order valence-electron chi connectivity index (χ3n) is 5.84. The molecule has 0 aliphatic carbocycles. The summed E-state index contributed by atoms with van der Waals surface area (Å²) in [5.74, 6) is -0.969. The van der Waals surface area contributed by atoms with Gasteiger partial charge in [-0.25, -0.2) is 14.0 Å². The van der Waals surface area contributed by atoms with Gasteiger partial charge in [0.2, 0.25) is 0 Å². The number of imidazole rings is 1. The van der Waals surface area contributed by atoms with Crippen LogP contribution >= 0.6 is 0 Å². The zero-order valence-electron chi connectivity index (χ0n) is 18.8. The lowest BCUT2D eigenvalue weighted by atomic mass is 9.99. The molecule has 32 heavy (non-hydrogen) atoms. The topological polar surface area (TPSA) is 64.2 Å². The van der Waals surface area contributed by atoms with Gasteiger partial charge in [-0.1, -0.05) is 69.2 Å². The van der Waals surface area contributed by atoms with Gasteiger partial charge in [0.05, 0.1) is 17.8 Å². The lowest BCUT2D eigenvalue weighted by molar-refractivity contribution is 0.0697. The third-order valence-corrected chi connectivity index (χ3v) is 5.84. The van der Waals surface area contributed by atoms with Crippen molar-refractivity contribution in [2.75, 3.05) is 0 Å². The number of carboxylic acids is 1. The Balaban J connectivity index is 1.95. The minimum absolute atomic E-state index is 0.155. The van der Waals surface area contributed by atoms with Gasteiger partial charge in [0.25, 0.3) is 0 Å². The summed E-state index contributed by atoms with van der Waals surface area (Å²) in [5, 5.41) is 9.45. The van der Waals surface area contributed by atoms with Crippen LogP contribution < -0.4 is 5.69 Å². The Kier molecular flexibility index (Phi) is 8.03. The monoisotopic (exact) mass is 438 g/mol. The molecule has 170 valence electrons. The molecule has 0 aliphatic rings. The molecule has 1 aromatic heterocycles. The van der Waals surface area contributed by atoms with Crippen LogP contribution in [0.15, 0.2) is 53.3 Å². The van der Waals surface area contributed by atoms with Crippen molar-refractivity contribution in [3.63, 3.8) is 0 Å². The van der Waals surface area contributed by atoms with Crippen LogP contribution in [0.3, 0.4) is 0 Å². The summed E-state index contributed by atoms with van der Waals surface area (Å²) in [6.45, 7) is 4.39. The first-order valence-electron chi connectivity index (χ1n) is 11.3. The Morgan fingerprint density at radius 3 is 2.25 bits per heavy atom. The van der Waals surface area contributed by atoms with E-state index in [1.807, 2.05) is 30.3 Å². The van der Waals surface area contributed by atoms with E-state index < -0.39 is 12.6 Å². The normalized spacial score (nSPS) is 11.1. The van der Waals surface area contributed by atoms with Crippen LogP contribution in [0.25, 0.3) is 11.1 Å². The number of alkyl halides is 1. The van der Waals surface area contributed by atoms with Gasteiger partial charge in [0, 0.05) is 12.2 Å². The van der Waals surface area contributed by atoms with E-state index in [1.54, 1.807) is 27.3 Å². The van der Waals surface area contributed by atoms with Crippen molar-refractivity contribution < 1.29 is 14.3 Å². The van der Waals surface area contributed by atoms with Gasteiger partial charge in [-0.3, -0.25) is 9.13 Å². The smallest absolute Gasteiger partial charge is 0.336 e. The van der Waals surface area contributed by atoms with Gasteiger partial charge in [-0.05, 0) is 42.0 Å². The van der Waals surface area contributed by atoms with E-state index >= 15 is 0 Å². The van der Waals surface area contributed by atoms with Crippen LogP contribution in [-0.4, -0.2) is 20.2 Å². The molecule has 2 aromatic carbocycles.